The Balaban J connectivity index is 1.57. The van der Waals surface area contributed by atoms with Gasteiger partial charge in [-0.1, -0.05) is 35.3 Å². The Labute approximate surface area is 170 Å². The summed E-state index contributed by atoms with van der Waals surface area (Å²) in [6.07, 6.45) is 0. The van der Waals surface area contributed by atoms with Crippen LogP contribution in [-0.2, 0) is 4.84 Å². The molecule has 0 heterocycles. The molecule has 1 N–H and O–H groups in total. The smallest absolute Gasteiger partial charge is 0.338 e. The van der Waals surface area contributed by atoms with Crippen LogP contribution >= 0.6 is 23.2 Å². The lowest BCUT2D eigenvalue weighted by Crippen LogP contribution is -2.10. The van der Waals surface area contributed by atoms with Crippen LogP contribution in [0.15, 0.2) is 83.0 Å². The van der Waals surface area contributed by atoms with Crippen LogP contribution in [0.2, 0.25) is 10.0 Å². The summed E-state index contributed by atoms with van der Waals surface area (Å²) < 4.78 is 0. The lowest BCUT2D eigenvalue weighted by atomic mass is 10.2. The highest BCUT2D eigenvalue weighted by atomic mass is 35.5. The number of azo groups is 1. The Morgan fingerprint density at radius 3 is 2.07 bits per heavy atom. The molecular weight excluding hydrogens is 401 g/mol. The first-order chi connectivity index (χ1) is 13.5. The topological polar surface area (TPSA) is 80.1 Å². The number of hydrogen-bond donors (Lipinski definition) is 1. The summed E-state index contributed by atoms with van der Waals surface area (Å²) in [5, 5.41) is 8.44. The van der Waals surface area contributed by atoms with Gasteiger partial charge in [0.05, 0.1) is 16.9 Å². The molecule has 8 heteroatoms. The predicted octanol–water partition coefficient (Wildman–Crippen LogP) is 6.10. The third kappa shape index (κ3) is 5.39. The Morgan fingerprint density at radius 1 is 0.821 bits per heavy atom. The fraction of sp³-hybridized carbons (Fsp3) is 0. The molecule has 0 saturated heterocycles. The van der Waals surface area contributed by atoms with Crippen LogP contribution in [0.25, 0.3) is 0 Å². The number of nitrogens with zero attached hydrogens (tertiary/aromatic N) is 2. The molecule has 140 valence electrons. The molecule has 0 saturated carbocycles. The van der Waals surface area contributed by atoms with Crippen molar-refractivity contribution in [3.05, 3.63) is 94.0 Å². The van der Waals surface area contributed by atoms with Crippen LogP contribution in [0.5, 0.6) is 0 Å². The fourth-order valence-electron chi connectivity index (χ4n) is 2.16. The number of anilines is 1. The van der Waals surface area contributed by atoms with Gasteiger partial charge in [-0.3, -0.25) is 4.79 Å². The third-order valence-corrected chi connectivity index (χ3v) is 3.99. The first kappa shape index (κ1) is 19.5. The van der Waals surface area contributed by atoms with E-state index in [1.54, 1.807) is 60.7 Å². The van der Waals surface area contributed by atoms with Crippen molar-refractivity contribution < 1.29 is 14.4 Å². The van der Waals surface area contributed by atoms with Gasteiger partial charge in [0.1, 0.15) is 0 Å². The van der Waals surface area contributed by atoms with Crippen molar-refractivity contribution in [3.63, 3.8) is 0 Å². The summed E-state index contributed by atoms with van der Waals surface area (Å²) in [5.74, 6) is -1.07. The minimum Gasteiger partial charge on any atom is -0.338 e. The second kappa shape index (κ2) is 9.12. The number of hydrogen-bond acceptors (Lipinski definition) is 5. The number of carbonyl (C=O) groups is 2. The number of rotatable bonds is 5. The average Bonchev–Trinajstić information content (AvgIpc) is 2.71. The molecule has 0 radical (unpaired) electrons. The highest BCUT2D eigenvalue weighted by molar-refractivity contribution is 6.31. The van der Waals surface area contributed by atoms with Crippen molar-refractivity contribution in [3.8, 4) is 0 Å². The summed E-state index contributed by atoms with van der Waals surface area (Å²) in [7, 11) is 0. The molecule has 0 aliphatic rings. The summed E-state index contributed by atoms with van der Waals surface area (Å²) in [4.78, 5) is 28.9. The lowest BCUT2D eigenvalue weighted by molar-refractivity contribution is 0.0596. The molecule has 0 unspecified atom stereocenters. The Morgan fingerprint density at radius 2 is 1.43 bits per heavy atom. The predicted molar refractivity (Wildman–Crippen MR) is 107 cm³/mol. The molecule has 6 nitrogen and oxygen atoms in total. The Hall–Kier alpha value is -3.22. The van der Waals surface area contributed by atoms with E-state index >= 15 is 0 Å². The van der Waals surface area contributed by atoms with Crippen molar-refractivity contribution in [2.75, 3.05) is 5.48 Å². The van der Waals surface area contributed by atoms with Gasteiger partial charge in [-0.05, 0) is 60.7 Å². The Bertz CT molecular complexity index is 1040. The second-order valence-corrected chi connectivity index (χ2v) is 6.44. The van der Waals surface area contributed by atoms with E-state index in [-0.39, 0.29) is 0 Å². The molecular formula is C20H13Cl2N3O3. The van der Waals surface area contributed by atoms with Gasteiger partial charge in [-0.2, -0.15) is 0 Å². The van der Waals surface area contributed by atoms with E-state index in [1.165, 1.54) is 12.1 Å². The standard InChI is InChI=1S/C20H13Cl2N3O3/c21-15-5-1-3-13(11-15)19(26)24-23-17-7-9-18(10-8-17)25-28-20(27)14-4-2-6-16(22)12-14/h1-12,25H. The molecule has 0 fully saturated rings. The van der Waals surface area contributed by atoms with Crippen LogP contribution in [-0.4, -0.2) is 11.9 Å². The summed E-state index contributed by atoms with van der Waals surface area (Å²) in [6.45, 7) is 0. The van der Waals surface area contributed by atoms with E-state index < -0.39 is 11.9 Å². The maximum absolute atomic E-state index is 12.0. The molecule has 1 amide bonds. The monoisotopic (exact) mass is 413 g/mol. The van der Waals surface area contributed by atoms with Crippen molar-refractivity contribution >= 4 is 46.5 Å². The Kier molecular flexibility index (Phi) is 6.37. The van der Waals surface area contributed by atoms with Crippen LogP contribution in [0.1, 0.15) is 20.7 Å². The lowest BCUT2D eigenvalue weighted by Gasteiger charge is -2.07. The molecule has 0 spiro atoms. The molecule has 0 bridgehead atoms. The summed E-state index contributed by atoms with van der Waals surface area (Å²) >= 11 is 11.7. The number of halogens is 2. The van der Waals surface area contributed by atoms with Crippen molar-refractivity contribution in [2.24, 2.45) is 10.2 Å². The van der Waals surface area contributed by atoms with Crippen LogP contribution < -0.4 is 5.48 Å². The molecule has 0 aromatic heterocycles. The van der Waals surface area contributed by atoms with Crippen molar-refractivity contribution in [1.82, 2.24) is 0 Å². The van der Waals surface area contributed by atoms with Gasteiger partial charge in [0.15, 0.2) is 0 Å². The largest absolute Gasteiger partial charge is 0.362 e. The number of amides is 1. The van der Waals surface area contributed by atoms with E-state index in [4.69, 9.17) is 28.0 Å². The van der Waals surface area contributed by atoms with Gasteiger partial charge in [0.25, 0.3) is 5.91 Å². The molecule has 3 aromatic carbocycles. The summed E-state index contributed by atoms with van der Waals surface area (Å²) in [6, 6.07) is 19.4. The van der Waals surface area contributed by atoms with E-state index in [0.717, 1.165) is 0 Å². The zero-order valence-electron chi connectivity index (χ0n) is 14.3. The first-order valence-electron chi connectivity index (χ1n) is 8.06. The van der Waals surface area contributed by atoms with Gasteiger partial charge < -0.3 is 4.84 Å². The maximum Gasteiger partial charge on any atom is 0.362 e. The zero-order chi connectivity index (χ0) is 19.9. The molecule has 0 aliphatic heterocycles. The van der Waals surface area contributed by atoms with Crippen molar-refractivity contribution in [2.45, 2.75) is 0 Å². The third-order valence-electron chi connectivity index (χ3n) is 3.52. The number of benzene rings is 3. The van der Waals surface area contributed by atoms with Crippen LogP contribution in [0.4, 0.5) is 11.4 Å². The van der Waals surface area contributed by atoms with E-state index in [0.29, 0.717) is 32.5 Å². The molecule has 3 rings (SSSR count). The van der Waals surface area contributed by atoms with E-state index in [1.807, 2.05) is 0 Å². The fourth-order valence-corrected chi connectivity index (χ4v) is 2.54. The van der Waals surface area contributed by atoms with E-state index in [2.05, 4.69) is 15.7 Å². The van der Waals surface area contributed by atoms with Crippen LogP contribution in [0.3, 0.4) is 0 Å². The number of carbonyl (C=O) groups excluding carboxylic acids is 2. The summed E-state index contributed by atoms with van der Waals surface area (Å²) in [5.41, 5.74) is 4.20. The minimum absolute atomic E-state index is 0.324. The molecule has 0 aliphatic carbocycles. The SMILES string of the molecule is O=C(N=Nc1ccc(NOC(=O)c2cccc(Cl)c2)cc1)c1cccc(Cl)c1. The van der Waals surface area contributed by atoms with Gasteiger partial charge in [-0.15, -0.1) is 10.2 Å². The second-order valence-electron chi connectivity index (χ2n) is 5.56. The molecule has 3 aromatic rings. The van der Waals surface area contributed by atoms with Crippen molar-refractivity contribution in [1.29, 1.82) is 0 Å². The quantitative estimate of drug-likeness (QED) is 0.404. The highest BCUT2D eigenvalue weighted by Crippen LogP contribution is 2.19. The molecule has 0 atom stereocenters. The highest BCUT2D eigenvalue weighted by Gasteiger charge is 2.08. The zero-order valence-corrected chi connectivity index (χ0v) is 15.8. The van der Waals surface area contributed by atoms with Gasteiger partial charge in [0, 0.05) is 15.6 Å². The number of nitrogens with one attached hydrogen (secondary N) is 1. The first-order valence-corrected chi connectivity index (χ1v) is 8.81. The van der Waals surface area contributed by atoms with Gasteiger partial charge in [-0.25, -0.2) is 10.3 Å². The normalized spacial score (nSPS) is 10.6. The average molecular weight is 414 g/mol. The van der Waals surface area contributed by atoms with Gasteiger partial charge >= 0.3 is 5.97 Å². The minimum atomic E-state index is -0.571. The van der Waals surface area contributed by atoms with Gasteiger partial charge in [0.2, 0.25) is 0 Å². The van der Waals surface area contributed by atoms with E-state index in [9.17, 15) is 9.59 Å². The maximum atomic E-state index is 12.0. The molecule has 28 heavy (non-hydrogen) atoms. The van der Waals surface area contributed by atoms with Crippen LogP contribution in [0, 0.1) is 0 Å².